The number of aryl methyl sites for hydroxylation is 2. The van der Waals surface area contributed by atoms with E-state index in [-0.39, 0.29) is 6.61 Å². The van der Waals surface area contributed by atoms with Crippen molar-refractivity contribution in [1.29, 1.82) is 0 Å². The summed E-state index contributed by atoms with van der Waals surface area (Å²) < 4.78 is 0. The van der Waals surface area contributed by atoms with Crippen molar-refractivity contribution in [2.45, 2.75) is 19.8 Å². The summed E-state index contributed by atoms with van der Waals surface area (Å²) in [6.45, 7) is 2.19. The lowest BCUT2D eigenvalue weighted by Gasteiger charge is -2.13. The summed E-state index contributed by atoms with van der Waals surface area (Å²) >= 11 is 0. The Labute approximate surface area is 136 Å². The summed E-state index contributed by atoms with van der Waals surface area (Å²) in [6, 6.07) is 10.00. The minimum Gasteiger partial charge on any atom is -0.396 e. The van der Waals surface area contributed by atoms with E-state index in [9.17, 15) is 0 Å². The summed E-state index contributed by atoms with van der Waals surface area (Å²) in [7, 11) is 3.86. The van der Waals surface area contributed by atoms with Gasteiger partial charge in [-0.1, -0.05) is 29.8 Å². The van der Waals surface area contributed by atoms with Crippen molar-refractivity contribution < 1.29 is 5.11 Å². The van der Waals surface area contributed by atoms with Crippen LogP contribution in [0.3, 0.4) is 0 Å². The smallest absolute Gasteiger partial charge is 0.245 e. The predicted molar refractivity (Wildman–Crippen MR) is 94.2 cm³/mol. The molecule has 0 atom stereocenters. The Morgan fingerprint density at radius 1 is 1.26 bits per heavy atom. The highest BCUT2D eigenvalue weighted by Gasteiger charge is 2.05. The van der Waals surface area contributed by atoms with Crippen LogP contribution in [0, 0.1) is 6.92 Å². The lowest BCUT2D eigenvalue weighted by molar-refractivity contribution is 0.288. The van der Waals surface area contributed by atoms with Crippen molar-refractivity contribution in [2.75, 3.05) is 31.0 Å². The van der Waals surface area contributed by atoms with Gasteiger partial charge in [-0.25, -0.2) is 10.4 Å². The number of hydrogen-bond donors (Lipinski definition) is 2. The minimum atomic E-state index is 0.148. The molecule has 122 valence electrons. The third kappa shape index (κ3) is 5.34. The molecule has 0 aliphatic rings. The van der Waals surface area contributed by atoms with Gasteiger partial charge in [0.25, 0.3) is 0 Å². The maximum atomic E-state index is 8.97. The fourth-order valence-corrected chi connectivity index (χ4v) is 2.07. The Hall–Kier alpha value is -2.47. The fourth-order valence-electron chi connectivity index (χ4n) is 2.07. The lowest BCUT2D eigenvalue weighted by atomic mass is 10.2. The molecule has 1 heterocycles. The molecule has 2 rings (SSSR count). The molecule has 0 saturated carbocycles. The molecule has 1 aromatic carbocycles. The van der Waals surface area contributed by atoms with Crippen LogP contribution in [0.25, 0.3) is 0 Å². The van der Waals surface area contributed by atoms with Gasteiger partial charge in [-0.05, 0) is 25.3 Å². The number of aliphatic hydroxyl groups is 1. The molecule has 23 heavy (non-hydrogen) atoms. The summed E-state index contributed by atoms with van der Waals surface area (Å²) in [5.41, 5.74) is 5.97. The number of anilines is 2. The standard InChI is InChI=1S/C17H23N5O/c1-13-6-4-7-14(10-13)12-18-21-17-19-15(8-5-9-23)11-16(20-17)22(2)3/h4,6-7,10-12,23H,5,8-9H2,1-3H3,(H,19,20,21)/b18-12+. The summed E-state index contributed by atoms with van der Waals surface area (Å²) in [5, 5.41) is 13.2. The summed E-state index contributed by atoms with van der Waals surface area (Å²) in [6.07, 6.45) is 3.12. The SMILES string of the molecule is Cc1cccc(/C=N/Nc2nc(CCCO)cc(N(C)C)n2)c1. The van der Waals surface area contributed by atoms with Crippen LogP contribution in [0.2, 0.25) is 0 Å². The molecular formula is C17H23N5O. The van der Waals surface area contributed by atoms with Gasteiger partial charge < -0.3 is 10.0 Å². The molecule has 6 nitrogen and oxygen atoms in total. The van der Waals surface area contributed by atoms with Gasteiger partial charge >= 0.3 is 0 Å². The number of hydrogen-bond acceptors (Lipinski definition) is 6. The Bertz CT molecular complexity index is 670. The van der Waals surface area contributed by atoms with Gasteiger partial charge in [-0.15, -0.1) is 0 Å². The largest absolute Gasteiger partial charge is 0.396 e. The van der Waals surface area contributed by atoms with Crippen molar-refractivity contribution in [3.63, 3.8) is 0 Å². The first-order valence-electron chi connectivity index (χ1n) is 7.60. The minimum absolute atomic E-state index is 0.148. The zero-order chi connectivity index (χ0) is 16.7. The molecule has 0 saturated heterocycles. The molecule has 2 aromatic rings. The molecule has 1 aromatic heterocycles. The maximum Gasteiger partial charge on any atom is 0.245 e. The van der Waals surface area contributed by atoms with E-state index >= 15 is 0 Å². The number of nitrogens with zero attached hydrogens (tertiary/aromatic N) is 4. The number of hydrazone groups is 1. The van der Waals surface area contributed by atoms with E-state index in [0.29, 0.717) is 18.8 Å². The third-order valence-electron chi connectivity index (χ3n) is 3.24. The summed E-state index contributed by atoms with van der Waals surface area (Å²) in [5.74, 6) is 1.26. The van der Waals surface area contributed by atoms with E-state index in [2.05, 4.69) is 26.6 Å². The van der Waals surface area contributed by atoms with Gasteiger partial charge in [-0.2, -0.15) is 10.1 Å². The van der Waals surface area contributed by atoms with Gasteiger partial charge in [0.15, 0.2) is 0 Å². The number of benzene rings is 1. The van der Waals surface area contributed by atoms with Gasteiger partial charge in [0.1, 0.15) is 5.82 Å². The van der Waals surface area contributed by atoms with E-state index < -0.39 is 0 Å². The Kier molecular flexibility index (Phi) is 6.05. The molecule has 0 fully saturated rings. The van der Waals surface area contributed by atoms with Crippen LogP contribution >= 0.6 is 0 Å². The molecule has 0 aliphatic carbocycles. The molecule has 0 bridgehead atoms. The Morgan fingerprint density at radius 2 is 2.09 bits per heavy atom. The molecule has 0 amide bonds. The molecule has 6 heteroatoms. The van der Waals surface area contributed by atoms with Crippen LogP contribution in [0.4, 0.5) is 11.8 Å². The number of aliphatic hydroxyl groups excluding tert-OH is 1. The topological polar surface area (TPSA) is 73.6 Å². The first-order valence-corrected chi connectivity index (χ1v) is 7.60. The van der Waals surface area contributed by atoms with Crippen LogP contribution in [0.5, 0.6) is 0 Å². The van der Waals surface area contributed by atoms with E-state index in [1.54, 1.807) is 6.21 Å². The second kappa shape index (κ2) is 8.24. The van der Waals surface area contributed by atoms with Gasteiger partial charge in [0, 0.05) is 32.5 Å². The first kappa shape index (κ1) is 16.9. The normalized spacial score (nSPS) is 11.0. The van der Waals surface area contributed by atoms with Gasteiger partial charge in [-0.3, -0.25) is 0 Å². The monoisotopic (exact) mass is 313 g/mol. The van der Waals surface area contributed by atoms with E-state index in [1.165, 1.54) is 5.56 Å². The van der Waals surface area contributed by atoms with Crippen molar-refractivity contribution in [3.8, 4) is 0 Å². The van der Waals surface area contributed by atoms with Crippen molar-refractivity contribution >= 4 is 18.0 Å². The summed E-state index contributed by atoms with van der Waals surface area (Å²) in [4.78, 5) is 10.8. The maximum absolute atomic E-state index is 8.97. The third-order valence-corrected chi connectivity index (χ3v) is 3.24. The number of nitrogens with one attached hydrogen (secondary N) is 1. The van der Waals surface area contributed by atoms with E-state index in [4.69, 9.17) is 5.11 Å². The van der Waals surface area contributed by atoms with Crippen molar-refractivity contribution in [3.05, 3.63) is 47.2 Å². The average molecular weight is 313 g/mol. The van der Waals surface area contributed by atoms with Crippen LogP contribution in [-0.2, 0) is 6.42 Å². The molecule has 0 radical (unpaired) electrons. The first-order chi connectivity index (χ1) is 11.1. The average Bonchev–Trinajstić information content (AvgIpc) is 2.53. The second-order valence-electron chi connectivity index (χ2n) is 5.55. The highest BCUT2D eigenvalue weighted by molar-refractivity contribution is 5.80. The van der Waals surface area contributed by atoms with Gasteiger partial charge in [0.05, 0.1) is 6.21 Å². The Morgan fingerprint density at radius 3 is 2.78 bits per heavy atom. The van der Waals surface area contributed by atoms with Crippen LogP contribution in [-0.4, -0.2) is 42.0 Å². The van der Waals surface area contributed by atoms with Gasteiger partial charge in [0.2, 0.25) is 5.95 Å². The highest BCUT2D eigenvalue weighted by Crippen LogP contribution is 2.14. The fraction of sp³-hybridized carbons (Fsp3) is 0.353. The lowest BCUT2D eigenvalue weighted by Crippen LogP contribution is -2.13. The predicted octanol–water partition coefficient (Wildman–Crippen LogP) is 2.22. The molecule has 0 aliphatic heterocycles. The number of rotatable bonds is 7. The highest BCUT2D eigenvalue weighted by atomic mass is 16.2. The second-order valence-corrected chi connectivity index (χ2v) is 5.55. The van der Waals surface area contributed by atoms with Crippen molar-refractivity contribution in [1.82, 2.24) is 9.97 Å². The van der Waals surface area contributed by atoms with E-state index in [0.717, 1.165) is 17.1 Å². The van der Waals surface area contributed by atoms with Crippen LogP contribution < -0.4 is 10.3 Å². The Balaban J connectivity index is 2.12. The zero-order valence-electron chi connectivity index (χ0n) is 13.8. The van der Waals surface area contributed by atoms with Crippen LogP contribution in [0.15, 0.2) is 35.4 Å². The zero-order valence-corrected chi connectivity index (χ0v) is 13.8. The molecule has 0 spiro atoms. The number of aromatic nitrogens is 2. The van der Waals surface area contributed by atoms with E-state index in [1.807, 2.05) is 50.2 Å². The van der Waals surface area contributed by atoms with Crippen LogP contribution in [0.1, 0.15) is 23.2 Å². The molecular weight excluding hydrogens is 290 g/mol. The quantitative estimate of drug-likeness (QED) is 0.606. The molecule has 2 N–H and O–H groups in total. The van der Waals surface area contributed by atoms with Crippen molar-refractivity contribution in [2.24, 2.45) is 5.10 Å². The molecule has 0 unspecified atom stereocenters.